The van der Waals surface area contributed by atoms with Crippen molar-refractivity contribution in [2.75, 3.05) is 17.1 Å². The van der Waals surface area contributed by atoms with Gasteiger partial charge in [0.2, 0.25) is 0 Å². The van der Waals surface area contributed by atoms with Gasteiger partial charge in [0.05, 0.1) is 29.1 Å². The molecule has 28 heavy (non-hydrogen) atoms. The monoisotopic (exact) mass is 426 g/mol. The number of phenolic OH excluding ortho intramolecular Hbond substituents is 1. The Hall–Kier alpha value is -2.29. The molecule has 0 fully saturated rings. The number of carbonyl (C=O) groups is 1. The number of aryl methyl sites for hydroxylation is 1. The van der Waals surface area contributed by atoms with Crippen LogP contribution in [0.5, 0.6) is 5.75 Å². The number of hydrogen-bond donors (Lipinski definition) is 3. The van der Waals surface area contributed by atoms with Gasteiger partial charge in [-0.05, 0) is 36.1 Å². The van der Waals surface area contributed by atoms with Crippen molar-refractivity contribution in [3.63, 3.8) is 0 Å². The Bertz CT molecular complexity index is 1010. The Morgan fingerprint density at radius 3 is 2.39 bits per heavy atom. The Balaban J connectivity index is 2.49. The molecule has 9 heteroatoms. The topological polar surface area (TPSA) is 105 Å². The molecule has 0 aliphatic carbocycles. The highest BCUT2D eigenvalue weighted by molar-refractivity contribution is 7.88. The van der Waals surface area contributed by atoms with Crippen LogP contribution in [0, 0.1) is 6.92 Å². The fraction of sp³-hybridized carbons (Fsp3) is 0.316. The number of halogens is 1. The number of nitrogens with one attached hydrogen (secondary N) is 2. The van der Waals surface area contributed by atoms with E-state index in [-0.39, 0.29) is 33.1 Å². The van der Waals surface area contributed by atoms with Gasteiger partial charge in [-0.25, -0.2) is 0 Å². The molecule has 0 aliphatic rings. The van der Waals surface area contributed by atoms with Crippen LogP contribution in [0.4, 0.5) is 11.4 Å². The third-order valence-electron chi connectivity index (χ3n) is 4.01. The number of phenols is 1. The van der Waals surface area contributed by atoms with E-state index < -0.39 is 16.2 Å². The average molecular weight is 427 g/mol. The molecule has 0 radical (unpaired) electrons. The summed E-state index contributed by atoms with van der Waals surface area (Å²) in [6.07, 6.45) is 0. The van der Waals surface area contributed by atoms with Crippen molar-refractivity contribution in [1.29, 1.82) is 0 Å². The van der Waals surface area contributed by atoms with Gasteiger partial charge >= 0.3 is 10.3 Å². The molecule has 0 saturated heterocycles. The molecule has 0 aliphatic heterocycles. The largest absolute Gasteiger partial charge is 0.505 e. The third kappa shape index (κ3) is 4.95. The standard InChI is InChI=1S/C19H23ClN2O5S/c1-11-9-12(19(2,3)4)17(23)15(10-11)21-18(24)16-13(20)7-6-8-14(16)22-28(25,26)27-5/h6-10,22-23H,1-5H3,(H,21,24). The minimum Gasteiger partial charge on any atom is -0.505 e. The molecule has 7 nitrogen and oxygen atoms in total. The SMILES string of the molecule is COS(=O)(=O)Nc1cccc(Cl)c1C(=O)Nc1cc(C)cc(C(C)(C)C)c1O. The second-order valence-electron chi connectivity index (χ2n) is 7.30. The summed E-state index contributed by atoms with van der Waals surface area (Å²) < 4.78 is 30.0. The van der Waals surface area contributed by atoms with Gasteiger partial charge in [0.25, 0.3) is 5.91 Å². The van der Waals surface area contributed by atoms with Crippen LogP contribution in [0.2, 0.25) is 5.02 Å². The van der Waals surface area contributed by atoms with Crippen molar-refractivity contribution in [3.05, 3.63) is 52.0 Å². The first kappa shape index (κ1) is 22.0. The lowest BCUT2D eigenvalue weighted by Gasteiger charge is -2.23. The van der Waals surface area contributed by atoms with Crippen LogP contribution in [0.1, 0.15) is 42.3 Å². The van der Waals surface area contributed by atoms with Crippen molar-refractivity contribution < 1.29 is 22.5 Å². The number of anilines is 2. The number of carbonyl (C=O) groups excluding carboxylic acids is 1. The molecular formula is C19H23ClN2O5S. The van der Waals surface area contributed by atoms with Gasteiger partial charge in [0.15, 0.2) is 0 Å². The van der Waals surface area contributed by atoms with Crippen molar-refractivity contribution in [2.24, 2.45) is 0 Å². The zero-order valence-electron chi connectivity index (χ0n) is 16.3. The van der Waals surface area contributed by atoms with Gasteiger partial charge in [-0.1, -0.05) is 44.5 Å². The minimum absolute atomic E-state index is 0.0389. The molecule has 0 saturated carbocycles. The Kier molecular flexibility index (Phi) is 6.27. The van der Waals surface area contributed by atoms with Gasteiger partial charge in [-0.15, -0.1) is 0 Å². The maximum absolute atomic E-state index is 12.9. The highest BCUT2D eigenvalue weighted by Gasteiger charge is 2.24. The first-order valence-corrected chi connectivity index (χ1v) is 10.2. The molecule has 1 amide bonds. The number of rotatable bonds is 5. The van der Waals surface area contributed by atoms with E-state index in [1.807, 2.05) is 33.8 Å². The van der Waals surface area contributed by atoms with E-state index in [4.69, 9.17) is 11.6 Å². The van der Waals surface area contributed by atoms with Crippen LogP contribution >= 0.6 is 11.6 Å². The average Bonchev–Trinajstić information content (AvgIpc) is 2.56. The Labute approximate surface area is 169 Å². The highest BCUT2D eigenvalue weighted by atomic mass is 35.5. The van der Waals surface area contributed by atoms with Crippen LogP contribution in [0.25, 0.3) is 0 Å². The summed E-state index contributed by atoms with van der Waals surface area (Å²) in [7, 11) is -3.11. The van der Waals surface area contributed by atoms with Crippen LogP contribution in [0.3, 0.4) is 0 Å². The van der Waals surface area contributed by atoms with Gasteiger partial charge in [-0.2, -0.15) is 8.42 Å². The predicted octanol–water partition coefficient (Wildman–Crippen LogP) is 4.21. The summed E-state index contributed by atoms with van der Waals surface area (Å²) in [6, 6.07) is 7.80. The summed E-state index contributed by atoms with van der Waals surface area (Å²) in [5.41, 5.74) is 1.23. The van der Waals surface area contributed by atoms with Crippen molar-refractivity contribution in [1.82, 2.24) is 0 Å². The maximum Gasteiger partial charge on any atom is 0.359 e. The first-order valence-electron chi connectivity index (χ1n) is 8.38. The van der Waals surface area contributed by atoms with E-state index in [1.165, 1.54) is 18.2 Å². The Morgan fingerprint density at radius 1 is 1.18 bits per heavy atom. The lowest BCUT2D eigenvalue weighted by atomic mass is 9.85. The molecular weight excluding hydrogens is 404 g/mol. The highest BCUT2D eigenvalue weighted by Crippen LogP contribution is 2.38. The fourth-order valence-corrected chi connectivity index (χ4v) is 3.43. The summed E-state index contributed by atoms with van der Waals surface area (Å²) in [5.74, 6) is -0.738. The summed E-state index contributed by atoms with van der Waals surface area (Å²) in [4.78, 5) is 12.9. The zero-order chi connectivity index (χ0) is 21.3. The van der Waals surface area contributed by atoms with Gasteiger partial charge in [-0.3, -0.25) is 13.7 Å². The van der Waals surface area contributed by atoms with Gasteiger partial charge in [0, 0.05) is 5.56 Å². The van der Waals surface area contributed by atoms with Crippen molar-refractivity contribution in [3.8, 4) is 5.75 Å². The molecule has 0 heterocycles. The second-order valence-corrected chi connectivity index (χ2v) is 9.15. The van der Waals surface area contributed by atoms with E-state index in [2.05, 4.69) is 14.2 Å². The summed E-state index contributed by atoms with van der Waals surface area (Å²) in [5, 5.41) is 13.3. The molecule has 2 aromatic rings. The van der Waals surface area contributed by atoms with Crippen molar-refractivity contribution in [2.45, 2.75) is 33.1 Å². The molecule has 0 atom stereocenters. The van der Waals surface area contributed by atoms with Crippen LogP contribution in [0.15, 0.2) is 30.3 Å². The van der Waals surface area contributed by atoms with Crippen LogP contribution in [-0.2, 0) is 19.9 Å². The van der Waals surface area contributed by atoms with E-state index in [0.29, 0.717) is 5.56 Å². The first-order chi connectivity index (χ1) is 12.9. The molecule has 0 unspecified atom stereocenters. The lowest BCUT2D eigenvalue weighted by molar-refractivity contribution is 0.102. The number of aromatic hydroxyl groups is 1. The lowest BCUT2D eigenvalue weighted by Crippen LogP contribution is -2.20. The van der Waals surface area contributed by atoms with Crippen molar-refractivity contribution >= 4 is 39.2 Å². The molecule has 2 rings (SSSR count). The minimum atomic E-state index is -4.10. The maximum atomic E-state index is 12.9. The third-order valence-corrected chi connectivity index (χ3v) is 5.23. The predicted molar refractivity (Wildman–Crippen MR) is 111 cm³/mol. The molecule has 0 aromatic heterocycles. The summed E-state index contributed by atoms with van der Waals surface area (Å²) in [6.45, 7) is 7.67. The molecule has 0 bridgehead atoms. The number of hydrogen-bond acceptors (Lipinski definition) is 5. The van der Waals surface area contributed by atoms with E-state index in [0.717, 1.165) is 12.7 Å². The second kappa shape index (κ2) is 7.98. The number of amides is 1. The zero-order valence-corrected chi connectivity index (χ0v) is 17.8. The van der Waals surface area contributed by atoms with Crippen LogP contribution in [-0.4, -0.2) is 26.5 Å². The van der Waals surface area contributed by atoms with E-state index in [9.17, 15) is 18.3 Å². The molecule has 152 valence electrons. The molecule has 2 aromatic carbocycles. The normalized spacial score (nSPS) is 11.9. The van der Waals surface area contributed by atoms with Gasteiger partial charge in [0.1, 0.15) is 5.75 Å². The van der Waals surface area contributed by atoms with E-state index >= 15 is 0 Å². The Morgan fingerprint density at radius 2 is 1.82 bits per heavy atom. The molecule has 0 spiro atoms. The quantitative estimate of drug-likeness (QED) is 0.621. The van der Waals surface area contributed by atoms with E-state index in [1.54, 1.807) is 6.07 Å². The number of benzene rings is 2. The molecule has 3 N–H and O–H groups in total. The van der Waals surface area contributed by atoms with Gasteiger partial charge < -0.3 is 10.4 Å². The van der Waals surface area contributed by atoms with Crippen LogP contribution < -0.4 is 10.0 Å². The smallest absolute Gasteiger partial charge is 0.359 e. The fourth-order valence-electron chi connectivity index (χ4n) is 2.65. The summed E-state index contributed by atoms with van der Waals surface area (Å²) >= 11 is 6.14.